The minimum Gasteiger partial charge on any atom is -0.508 e. The second kappa shape index (κ2) is 12.0. The topological polar surface area (TPSA) is 191 Å². The summed E-state index contributed by atoms with van der Waals surface area (Å²) < 4.78 is 0. The number of carboxylic acids is 1. The van der Waals surface area contributed by atoms with Gasteiger partial charge >= 0.3 is 5.97 Å². The van der Waals surface area contributed by atoms with Crippen molar-refractivity contribution in [2.75, 3.05) is 12.4 Å². The van der Waals surface area contributed by atoms with Gasteiger partial charge in [-0.15, -0.1) is 0 Å². The maximum atomic E-state index is 12.7. The molecule has 11 nitrogen and oxygen atoms in total. The number of benzene rings is 1. The van der Waals surface area contributed by atoms with Gasteiger partial charge in [-0.25, -0.2) is 4.79 Å². The van der Waals surface area contributed by atoms with Crippen molar-refractivity contribution in [1.82, 2.24) is 16.0 Å². The maximum absolute atomic E-state index is 12.7. The molecule has 1 rings (SSSR count). The summed E-state index contributed by atoms with van der Waals surface area (Å²) in [6, 6.07) is 1.11. The number of rotatable bonds is 11. The average molecular weight is 442 g/mol. The summed E-state index contributed by atoms with van der Waals surface area (Å²) in [5, 5.41) is 34.7. The van der Waals surface area contributed by atoms with E-state index in [2.05, 4.69) is 28.6 Å². The molecule has 0 spiro atoms. The second-order valence-electron chi connectivity index (χ2n) is 6.55. The van der Waals surface area contributed by atoms with Crippen LogP contribution in [0.15, 0.2) is 24.3 Å². The molecule has 4 unspecified atom stereocenters. The fraction of sp³-hybridized carbons (Fsp3) is 0.444. The van der Waals surface area contributed by atoms with Gasteiger partial charge in [-0.3, -0.25) is 14.4 Å². The SMILES string of the molecule is CC(N)C(=O)NC(Cc1ccc(O)cc1)C(=O)NC(CO)C(=O)NC(CS)C(=O)O. The van der Waals surface area contributed by atoms with Gasteiger partial charge in [0.25, 0.3) is 0 Å². The van der Waals surface area contributed by atoms with Gasteiger partial charge in [-0.05, 0) is 24.6 Å². The van der Waals surface area contributed by atoms with Gasteiger partial charge < -0.3 is 37.0 Å². The van der Waals surface area contributed by atoms with Gasteiger partial charge in [0.05, 0.1) is 12.6 Å². The lowest BCUT2D eigenvalue weighted by Crippen LogP contribution is -2.58. The molecule has 1 aromatic rings. The van der Waals surface area contributed by atoms with E-state index in [1.54, 1.807) is 12.1 Å². The summed E-state index contributed by atoms with van der Waals surface area (Å²) >= 11 is 3.83. The Balaban J connectivity index is 2.94. The van der Waals surface area contributed by atoms with Crippen LogP contribution < -0.4 is 21.7 Å². The standard InChI is InChI=1S/C18H26N4O7S/c1-9(19)15(25)20-12(6-10-2-4-11(24)5-3-10)16(26)21-13(7-23)17(27)22-14(8-30)18(28)29/h2-5,9,12-14,23-24,30H,6-8,19H2,1H3,(H,20,25)(H,21,26)(H,22,27)(H,28,29). The van der Waals surface area contributed by atoms with E-state index in [1.807, 2.05) is 0 Å². The molecule has 12 heteroatoms. The lowest BCUT2D eigenvalue weighted by Gasteiger charge is -2.23. The Kier molecular flexibility index (Phi) is 10.1. The largest absolute Gasteiger partial charge is 0.508 e. The number of hydrogen-bond donors (Lipinski definition) is 8. The number of phenolic OH excluding ortho intramolecular Hbond substituents is 1. The van der Waals surface area contributed by atoms with E-state index in [0.717, 1.165) is 0 Å². The molecule has 0 radical (unpaired) electrons. The Morgan fingerprint density at radius 2 is 1.47 bits per heavy atom. The number of nitrogens with one attached hydrogen (secondary N) is 3. The van der Waals surface area contributed by atoms with Crippen LogP contribution in [0.1, 0.15) is 12.5 Å². The van der Waals surface area contributed by atoms with Crippen LogP contribution in [0.4, 0.5) is 0 Å². The summed E-state index contributed by atoms with van der Waals surface area (Å²) in [6.07, 6.45) is 0.0126. The van der Waals surface area contributed by atoms with Gasteiger partial charge in [0.2, 0.25) is 17.7 Å². The first-order valence-corrected chi connectivity index (χ1v) is 9.61. The average Bonchev–Trinajstić information content (AvgIpc) is 2.70. The van der Waals surface area contributed by atoms with Crippen LogP contribution in [0, 0.1) is 0 Å². The Labute approximate surface area is 178 Å². The highest BCUT2D eigenvalue weighted by atomic mass is 32.1. The van der Waals surface area contributed by atoms with Gasteiger partial charge in [0, 0.05) is 12.2 Å². The lowest BCUT2D eigenvalue weighted by molar-refractivity contribution is -0.141. The van der Waals surface area contributed by atoms with Crippen molar-refractivity contribution in [1.29, 1.82) is 0 Å². The molecule has 0 fully saturated rings. The zero-order valence-corrected chi connectivity index (χ0v) is 17.1. The van der Waals surface area contributed by atoms with Crippen LogP contribution in [-0.2, 0) is 25.6 Å². The normalized spacial score (nSPS) is 14.7. The monoisotopic (exact) mass is 442 g/mol. The fourth-order valence-corrected chi connectivity index (χ4v) is 2.55. The van der Waals surface area contributed by atoms with Gasteiger partial charge in [-0.1, -0.05) is 12.1 Å². The quantitative estimate of drug-likeness (QED) is 0.176. The highest BCUT2D eigenvalue weighted by molar-refractivity contribution is 7.80. The third-order valence-corrected chi connectivity index (χ3v) is 4.40. The van der Waals surface area contributed by atoms with Crippen molar-refractivity contribution in [3.63, 3.8) is 0 Å². The molecule has 8 N–H and O–H groups in total. The van der Waals surface area contributed by atoms with E-state index in [0.29, 0.717) is 5.56 Å². The third kappa shape index (κ3) is 7.89. The zero-order chi connectivity index (χ0) is 22.8. The second-order valence-corrected chi connectivity index (χ2v) is 6.91. The molecular formula is C18H26N4O7S. The van der Waals surface area contributed by atoms with Gasteiger partial charge in [0.1, 0.15) is 23.9 Å². The number of amides is 3. The molecule has 0 aliphatic rings. The molecule has 30 heavy (non-hydrogen) atoms. The van der Waals surface area contributed by atoms with E-state index in [9.17, 15) is 29.4 Å². The number of phenols is 1. The van der Waals surface area contributed by atoms with Crippen molar-refractivity contribution >= 4 is 36.3 Å². The number of aliphatic carboxylic acids is 1. The van der Waals surface area contributed by atoms with E-state index in [-0.39, 0.29) is 17.9 Å². The van der Waals surface area contributed by atoms with Gasteiger partial charge in [0.15, 0.2) is 0 Å². The Morgan fingerprint density at radius 1 is 0.967 bits per heavy atom. The number of thiol groups is 1. The van der Waals surface area contributed by atoms with Crippen LogP contribution in [0.3, 0.4) is 0 Å². The first kappa shape index (κ1) is 25.2. The van der Waals surface area contributed by atoms with Crippen LogP contribution in [-0.4, -0.2) is 75.5 Å². The molecule has 0 saturated heterocycles. The summed E-state index contributed by atoms with van der Waals surface area (Å²) in [6.45, 7) is 0.627. The van der Waals surface area contributed by atoms with Crippen LogP contribution in [0.5, 0.6) is 5.75 Å². The van der Waals surface area contributed by atoms with Crippen molar-refractivity contribution in [2.24, 2.45) is 5.73 Å². The van der Waals surface area contributed by atoms with Crippen molar-refractivity contribution in [3.05, 3.63) is 29.8 Å². The number of aliphatic hydroxyl groups excluding tert-OH is 1. The first-order valence-electron chi connectivity index (χ1n) is 8.98. The first-order chi connectivity index (χ1) is 14.1. The Bertz CT molecular complexity index is 757. The lowest BCUT2D eigenvalue weighted by atomic mass is 10.0. The zero-order valence-electron chi connectivity index (χ0n) is 16.2. The van der Waals surface area contributed by atoms with Gasteiger partial charge in [-0.2, -0.15) is 12.6 Å². The minimum atomic E-state index is -1.45. The molecule has 0 aliphatic heterocycles. The molecule has 0 bridgehead atoms. The van der Waals surface area contributed by atoms with Crippen LogP contribution >= 0.6 is 12.6 Å². The number of aliphatic hydroxyl groups is 1. The molecule has 1 aromatic carbocycles. The number of hydrogen-bond acceptors (Lipinski definition) is 8. The molecule has 3 amide bonds. The maximum Gasteiger partial charge on any atom is 0.327 e. The highest BCUT2D eigenvalue weighted by Gasteiger charge is 2.29. The number of aromatic hydroxyl groups is 1. The fourth-order valence-electron chi connectivity index (χ4n) is 2.30. The summed E-state index contributed by atoms with van der Waals surface area (Å²) in [4.78, 5) is 47.9. The minimum absolute atomic E-state index is 0.0126. The summed E-state index contributed by atoms with van der Waals surface area (Å²) in [7, 11) is 0. The molecule has 0 heterocycles. The van der Waals surface area contributed by atoms with Crippen molar-refractivity contribution < 1.29 is 34.5 Å². The number of nitrogens with two attached hydrogens (primary N) is 1. The third-order valence-electron chi connectivity index (χ3n) is 4.04. The number of carbonyl (C=O) groups excluding carboxylic acids is 3. The Hall–Kier alpha value is -2.83. The van der Waals surface area contributed by atoms with Crippen molar-refractivity contribution in [2.45, 2.75) is 37.5 Å². The highest BCUT2D eigenvalue weighted by Crippen LogP contribution is 2.11. The van der Waals surface area contributed by atoms with Crippen molar-refractivity contribution in [3.8, 4) is 5.75 Å². The smallest absolute Gasteiger partial charge is 0.327 e. The van der Waals surface area contributed by atoms with E-state index in [4.69, 9.17) is 10.8 Å². The molecule has 0 aromatic heterocycles. The van der Waals surface area contributed by atoms with E-state index >= 15 is 0 Å². The number of carboxylic acid groups (broad SMARTS) is 1. The molecule has 0 saturated carbocycles. The van der Waals surface area contributed by atoms with Crippen LogP contribution in [0.2, 0.25) is 0 Å². The number of carbonyl (C=O) groups is 4. The Morgan fingerprint density at radius 3 is 1.93 bits per heavy atom. The van der Waals surface area contributed by atoms with E-state index < -0.39 is 54.5 Å². The predicted molar refractivity (Wildman–Crippen MR) is 110 cm³/mol. The summed E-state index contributed by atoms with van der Waals surface area (Å²) in [5.41, 5.74) is 6.13. The molecular weight excluding hydrogens is 416 g/mol. The van der Waals surface area contributed by atoms with Crippen LogP contribution in [0.25, 0.3) is 0 Å². The predicted octanol–water partition coefficient (Wildman–Crippen LogP) is -2.26. The van der Waals surface area contributed by atoms with E-state index in [1.165, 1.54) is 19.1 Å². The molecule has 166 valence electrons. The molecule has 4 atom stereocenters. The molecule has 0 aliphatic carbocycles. The summed E-state index contributed by atoms with van der Waals surface area (Å²) in [5.74, 6) is -3.82.